The molecule has 170 valence electrons. The van der Waals surface area contributed by atoms with E-state index < -0.39 is 5.60 Å². The molecule has 30 heavy (non-hydrogen) atoms. The summed E-state index contributed by atoms with van der Waals surface area (Å²) < 4.78 is 10.9. The summed E-state index contributed by atoms with van der Waals surface area (Å²) in [7, 11) is 1.77. The summed E-state index contributed by atoms with van der Waals surface area (Å²) in [5, 5.41) is 8.99. The van der Waals surface area contributed by atoms with Crippen molar-refractivity contribution in [1.82, 2.24) is 20.4 Å². The van der Waals surface area contributed by atoms with E-state index in [1.165, 1.54) is 4.88 Å². The minimum atomic E-state index is -0.469. The molecule has 2 fully saturated rings. The van der Waals surface area contributed by atoms with E-state index in [0.717, 1.165) is 38.8 Å². The van der Waals surface area contributed by atoms with Crippen LogP contribution in [0.3, 0.4) is 0 Å². The van der Waals surface area contributed by atoms with Crippen molar-refractivity contribution in [3.63, 3.8) is 0 Å². The first-order chi connectivity index (χ1) is 13.9. The van der Waals surface area contributed by atoms with Gasteiger partial charge in [0.15, 0.2) is 5.96 Å². The number of halogens is 1. The topological polar surface area (TPSA) is 78.4 Å². The fraction of sp³-hybridized carbons (Fsp3) is 0.700. The highest BCUT2D eigenvalue weighted by Crippen LogP contribution is 2.25. The lowest BCUT2D eigenvalue weighted by molar-refractivity contribution is 0.00688. The first-order valence-corrected chi connectivity index (χ1v) is 11.0. The van der Waals surface area contributed by atoms with Crippen molar-refractivity contribution in [2.45, 2.75) is 38.5 Å². The first-order valence-electron chi connectivity index (χ1n) is 10.2. The average molecular weight is 551 g/mol. The monoisotopic (exact) mass is 551 g/mol. The summed E-state index contributed by atoms with van der Waals surface area (Å²) in [6.45, 7) is 11.1. The molecule has 1 aromatic rings. The maximum absolute atomic E-state index is 12.1. The molecule has 0 aliphatic carbocycles. The number of morpholine rings is 1. The Bertz CT molecular complexity index is 683. The number of hydrogen-bond acceptors (Lipinski definition) is 6. The van der Waals surface area contributed by atoms with Crippen molar-refractivity contribution in [3.05, 3.63) is 22.4 Å². The Labute approximate surface area is 200 Å². The lowest BCUT2D eigenvalue weighted by atomic mass is 10.1. The van der Waals surface area contributed by atoms with Crippen LogP contribution < -0.4 is 10.6 Å². The minimum absolute atomic E-state index is 0. The highest BCUT2D eigenvalue weighted by atomic mass is 127. The zero-order valence-corrected chi connectivity index (χ0v) is 21.4. The molecule has 2 aliphatic heterocycles. The third-order valence-corrected chi connectivity index (χ3v) is 5.89. The third-order valence-electron chi connectivity index (χ3n) is 4.92. The molecular weight excluding hydrogens is 517 g/mol. The van der Waals surface area contributed by atoms with Crippen LogP contribution in [0.5, 0.6) is 0 Å². The van der Waals surface area contributed by atoms with Crippen molar-refractivity contribution in [3.8, 4) is 0 Å². The Morgan fingerprint density at radius 2 is 2.07 bits per heavy atom. The Kier molecular flexibility index (Phi) is 9.64. The van der Waals surface area contributed by atoms with Gasteiger partial charge in [0.1, 0.15) is 5.60 Å². The van der Waals surface area contributed by atoms with Gasteiger partial charge in [0.2, 0.25) is 0 Å². The number of nitrogens with zero attached hydrogens (tertiary/aromatic N) is 3. The Hall–Kier alpha value is -1.11. The summed E-state index contributed by atoms with van der Waals surface area (Å²) in [4.78, 5) is 21.9. The number of rotatable bonds is 5. The van der Waals surface area contributed by atoms with Crippen LogP contribution in [0.25, 0.3) is 0 Å². The number of nitrogens with one attached hydrogen (secondary N) is 2. The zero-order chi connectivity index (χ0) is 20.9. The maximum atomic E-state index is 12.1. The normalized spacial score (nSPS) is 19.5. The standard InChI is InChI=1S/C20H33N5O3S.HI/c1-20(2,3)28-19(26)25-13-15(14-25)23-18(21-4)22-12-16(17-6-5-11-29-17)24-7-9-27-10-8-24;/h5-6,11,15-16H,7-10,12-14H2,1-4H3,(H2,21,22,23);1H. The molecule has 2 saturated heterocycles. The van der Waals surface area contributed by atoms with Gasteiger partial charge >= 0.3 is 6.09 Å². The van der Waals surface area contributed by atoms with E-state index in [0.29, 0.717) is 13.1 Å². The predicted molar refractivity (Wildman–Crippen MR) is 131 cm³/mol. The average Bonchev–Trinajstić information content (AvgIpc) is 3.16. The molecule has 1 amide bonds. The van der Waals surface area contributed by atoms with E-state index in [-0.39, 0.29) is 42.2 Å². The number of likely N-dealkylation sites (tertiary alicyclic amines) is 1. The molecule has 2 N–H and O–H groups in total. The van der Waals surface area contributed by atoms with Crippen molar-refractivity contribution in [1.29, 1.82) is 0 Å². The van der Waals surface area contributed by atoms with Crippen molar-refractivity contribution in [2.24, 2.45) is 4.99 Å². The quantitative estimate of drug-likeness (QED) is 0.333. The van der Waals surface area contributed by atoms with Crippen LogP contribution in [0.1, 0.15) is 31.7 Å². The van der Waals surface area contributed by atoms with Crippen LogP contribution in [-0.2, 0) is 9.47 Å². The van der Waals surface area contributed by atoms with Crippen LogP contribution in [0.15, 0.2) is 22.5 Å². The molecule has 10 heteroatoms. The maximum Gasteiger partial charge on any atom is 0.410 e. The number of aliphatic imine (C=N–C) groups is 1. The highest BCUT2D eigenvalue weighted by molar-refractivity contribution is 14.0. The van der Waals surface area contributed by atoms with E-state index >= 15 is 0 Å². The molecule has 3 rings (SSSR count). The van der Waals surface area contributed by atoms with Gasteiger partial charge in [0.25, 0.3) is 0 Å². The van der Waals surface area contributed by atoms with Crippen LogP contribution in [0.4, 0.5) is 4.79 Å². The predicted octanol–water partition coefficient (Wildman–Crippen LogP) is 2.52. The van der Waals surface area contributed by atoms with Crippen molar-refractivity contribution in [2.75, 3.05) is 53.0 Å². The van der Waals surface area contributed by atoms with E-state index in [4.69, 9.17) is 9.47 Å². The van der Waals surface area contributed by atoms with Crippen molar-refractivity contribution >= 4 is 47.4 Å². The van der Waals surface area contributed by atoms with E-state index in [1.54, 1.807) is 23.3 Å². The van der Waals surface area contributed by atoms with Gasteiger partial charge in [0, 0.05) is 44.6 Å². The summed E-state index contributed by atoms with van der Waals surface area (Å²) in [6.07, 6.45) is -0.261. The molecule has 2 aliphatic rings. The lowest BCUT2D eigenvalue weighted by Gasteiger charge is -2.40. The van der Waals surface area contributed by atoms with Gasteiger partial charge in [-0.3, -0.25) is 9.89 Å². The van der Waals surface area contributed by atoms with Gasteiger partial charge in [-0.2, -0.15) is 0 Å². The number of guanidine groups is 1. The molecule has 8 nitrogen and oxygen atoms in total. The van der Waals surface area contributed by atoms with Gasteiger partial charge < -0.3 is 25.0 Å². The summed E-state index contributed by atoms with van der Waals surface area (Å²) in [5.41, 5.74) is -0.469. The molecule has 0 aromatic carbocycles. The van der Waals surface area contributed by atoms with Gasteiger partial charge in [-0.1, -0.05) is 6.07 Å². The second-order valence-corrected chi connectivity index (χ2v) is 9.34. The van der Waals surface area contributed by atoms with E-state index in [2.05, 4.69) is 38.0 Å². The third kappa shape index (κ3) is 7.24. The number of ether oxygens (including phenoxy) is 2. The van der Waals surface area contributed by atoms with Crippen LogP contribution >= 0.6 is 35.3 Å². The van der Waals surface area contributed by atoms with E-state index in [9.17, 15) is 4.79 Å². The molecule has 0 bridgehead atoms. The molecule has 3 heterocycles. The summed E-state index contributed by atoms with van der Waals surface area (Å²) >= 11 is 1.78. The fourth-order valence-corrected chi connectivity index (χ4v) is 4.27. The number of thiophene rings is 1. The Morgan fingerprint density at radius 1 is 1.37 bits per heavy atom. The largest absolute Gasteiger partial charge is 0.444 e. The van der Waals surface area contributed by atoms with Crippen LogP contribution in [0, 0.1) is 0 Å². The summed E-state index contributed by atoms with van der Waals surface area (Å²) in [6, 6.07) is 4.75. The SMILES string of the molecule is CN=C(NCC(c1cccs1)N1CCOCC1)NC1CN(C(=O)OC(C)(C)C)C1.I. The molecule has 1 atom stereocenters. The molecule has 0 radical (unpaired) electrons. The number of hydrogen-bond donors (Lipinski definition) is 2. The van der Waals surface area contributed by atoms with Crippen molar-refractivity contribution < 1.29 is 14.3 Å². The molecule has 1 unspecified atom stereocenters. The lowest BCUT2D eigenvalue weighted by Crippen LogP contribution is -2.63. The van der Waals surface area contributed by atoms with E-state index in [1.807, 2.05) is 20.8 Å². The smallest absolute Gasteiger partial charge is 0.410 e. The number of carbonyl (C=O) groups excluding carboxylic acids is 1. The molecule has 0 saturated carbocycles. The highest BCUT2D eigenvalue weighted by Gasteiger charge is 2.34. The second kappa shape index (κ2) is 11.5. The molecule has 0 spiro atoms. The Balaban J connectivity index is 0.00000320. The first kappa shape index (κ1) is 25.2. The Morgan fingerprint density at radius 3 is 2.63 bits per heavy atom. The summed E-state index contributed by atoms with van der Waals surface area (Å²) in [5.74, 6) is 0.758. The van der Waals surface area contributed by atoms with Gasteiger partial charge in [-0.05, 0) is 32.2 Å². The number of carbonyl (C=O) groups is 1. The van der Waals surface area contributed by atoms with Crippen LogP contribution in [-0.4, -0.2) is 86.5 Å². The van der Waals surface area contributed by atoms with Gasteiger partial charge in [-0.15, -0.1) is 35.3 Å². The number of amides is 1. The molecular formula is C20H34IN5O3S. The molecule has 1 aromatic heterocycles. The minimum Gasteiger partial charge on any atom is -0.444 e. The second-order valence-electron chi connectivity index (χ2n) is 8.36. The van der Waals surface area contributed by atoms with Gasteiger partial charge in [0.05, 0.1) is 25.3 Å². The zero-order valence-electron chi connectivity index (χ0n) is 18.2. The van der Waals surface area contributed by atoms with Gasteiger partial charge in [-0.25, -0.2) is 4.79 Å². The van der Waals surface area contributed by atoms with Crippen LogP contribution in [0.2, 0.25) is 0 Å². The fourth-order valence-electron chi connectivity index (χ4n) is 3.41.